The summed E-state index contributed by atoms with van der Waals surface area (Å²) in [4.78, 5) is 6.88. The molecule has 1 aromatic heterocycles. The number of aromatic nitrogens is 2. The Morgan fingerprint density at radius 2 is 2.44 bits per heavy atom. The van der Waals surface area contributed by atoms with Gasteiger partial charge in [0.15, 0.2) is 5.28 Å². The summed E-state index contributed by atoms with van der Waals surface area (Å²) >= 11 is 5.57. The fraction of sp³-hybridized carbons (Fsp3) is 0.500. The zero-order chi connectivity index (χ0) is 6.27. The molecule has 3 heteroatoms. The number of aromatic amines is 1. The average Bonchev–Trinajstić information content (AvgIpc) is 2.58. The Morgan fingerprint density at radius 3 is 2.89 bits per heavy atom. The molecule has 0 spiro atoms. The van der Waals surface area contributed by atoms with Crippen molar-refractivity contribution in [3.8, 4) is 0 Å². The molecule has 2 nitrogen and oxygen atoms in total. The number of halogens is 1. The second-order valence-electron chi connectivity index (χ2n) is 2.40. The van der Waals surface area contributed by atoms with Crippen molar-refractivity contribution in [1.29, 1.82) is 0 Å². The van der Waals surface area contributed by atoms with Gasteiger partial charge in [0.1, 0.15) is 0 Å². The normalized spacial score (nSPS) is 18.3. The fourth-order valence-corrected chi connectivity index (χ4v) is 1.07. The molecule has 9 heavy (non-hydrogen) atoms. The van der Waals surface area contributed by atoms with Gasteiger partial charge in [-0.3, -0.25) is 0 Å². The minimum atomic E-state index is 0.511. The van der Waals surface area contributed by atoms with Gasteiger partial charge < -0.3 is 4.98 Å². The third kappa shape index (κ3) is 0.944. The van der Waals surface area contributed by atoms with E-state index in [1.165, 1.54) is 18.5 Å². The molecule has 1 heterocycles. The average molecular weight is 143 g/mol. The van der Waals surface area contributed by atoms with Gasteiger partial charge in [-0.2, -0.15) is 0 Å². The molecule has 0 atom stereocenters. The van der Waals surface area contributed by atoms with Crippen molar-refractivity contribution < 1.29 is 0 Å². The highest BCUT2D eigenvalue weighted by Gasteiger charge is 2.24. The Balaban J connectivity index is 2.28. The highest BCUT2D eigenvalue weighted by atomic mass is 35.5. The van der Waals surface area contributed by atoms with Gasteiger partial charge in [-0.15, -0.1) is 0 Å². The quantitative estimate of drug-likeness (QED) is 0.638. The van der Waals surface area contributed by atoms with Gasteiger partial charge >= 0.3 is 0 Å². The molecule has 1 aliphatic rings. The predicted molar refractivity (Wildman–Crippen MR) is 35.6 cm³/mol. The molecule has 0 amide bonds. The van der Waals surface area contributed by atoms with Gasteiger partial charge in [-0.1, -0.05) is 0 Å². The highest BCUT2D eigenvalue weighted by molar-refractivity contribution is 6.28. The lowest BCUT2D eigenvalue weighted by atomic mass is 10.3. The number of nitrogens with one attached hydrogen (secondary N) is 1. The number of H-pyrrole nitrogens is 1. The van der Waals surface area contributed by atoms with Gasteiger partial charge in [0.25, 0.3) is 0 Å². The Hall–Kier alpha value is -0.500. The van der Waals surface area contributed by atoms with E-state index in [0.29, 0.717) is 5.28 Å². The lowest BCUT2D eigenvalue weighted by molar-refractivity contribution is 1.05. The standard InChI is InChI=1S/C6H7ClN2/c7-6-8-3-5(9-6)4-1-2-4/h3-4H,1-2H2,(H,8,9). The number of hydrogen-bond acceptors (Lipinski definition) is 1. The van der Waals surface area contributed by atoms with E-state index in [0.717, 1.165) is 5.92 Å². The third-order valence-corrected chi connectivity index (χ3v) is 1.77. The molecule has 0 radical (unpaired) electrons. The van der Waals surface area contributed by atoms with Gasteiger partial charge in [-0.25, -0.2) is 4.98 Å². The van der Waals surface area contributed by atoms with E-state index in [2.05, 4.69) is 9.97 Å². The summed E-state index contributed by atoms with van der Waals surface area (Å²) in [6.45, 7) is 0. The fourth-order valence-electron chi connectivity index (χ4n) is 0.912. The molecule has 0 unspecified atom stereocenters. The van der Waals surface area contributed by atoms with Crippen molar-refractivity contribution in [2.75, 3.05) is 0 Å². The molecule has 2 rings (SSSR count). The minimum Gasteiger partial charge on any atom is -0.332 e. The molecular formula is C6H7ClN2. The van der Waals surface area contributed by atoms with Crippen LogP contribution in [-0.2, 0) is 0 Å². The second kappa shape index (κ2) is 1.74. The van der Waals surface area contributed by atoms with Crippen LogP contribution in [0.15, 0.2) is 6.20 Å². The van der Waals surface area contributed by atoms with E-state index in [4.69, 9.17) is 11.6 Å². The first-order chi connectivity index (χ1) is 4.36. The number of hydrogen-bond donors (Lipinski definition) is 1. The van der Waals surface area contributed by atoms with Gasteiger partial charge in [-0.05, 0) is 24.4 Å². The lowest BCUT2D eigenvalue weighted by Crippen LogP contribution is -1.74. The topological polar surface area (TPSA) is 28.7 Å². The van der Waals surface area contributed by atoms with Gasteiger partial charge in [0, 0.05) is 17.8 Å². The first-order valence-corrected chi connectivity index (χ1v) is 3.44. The van der Waals surface area contributed by atoms with E-state index < -0.39 is 0 Å². The number of nitrogens with zero attached hydrogens (tertiary/aromatic N) is 1. The summed E-state index contributed by atoms with van der Waals surface area (Å²) in [6, 6.07) is 0. The first-order valence-electron chi connectivity index (χ1n) is 3.06. The van der Waals surface area contributed by atoms with Crippen molar-refractivity contribution >= 4 is 11.6 Å². The molecule has 0 bridgehead atoms. The molecule has 1 aromatic rings. The smallest absolute Gasteiger partial charge is 0.200 e. The summed E-state index contributed by atoms with van der Waals surface area (Å²) in [5, 5.41) is 0.511. The van der Waals surface area contributed by atoms with Crippen LogP contribution >= 0.6 is 11.6 Å². The molecule has 1 aliphatic carbocycles. The Labute approximate surface area is 58.3 Å². The Morgan fingerprint density at radius 1 is 1.67 bits per heavy atom. The Bertz CT molecular complexity index is 215. The molecule has 1 saturated carbocycles. The summed E-state index contributed by atoms with van der Waals surface area (Å²) in [6.07, 6.45) is 4.40. The largest absolute Gasteiger partial charge is 0.332 e. The zero-order valence-electron chi connectivity index (χ0n) is 4.89. The lowest BCUT2D eigenvalue weighted by Gasteiger charge is -1.84. The summed E-state index contributed by atoms with van der Waals surface area (Å²) < 4.78 is 0. The molecule has 0 saturated heterocycles. The summed E-state index contributed by atoms with van der Waals surface area (Å²) in [5.41, 5.74) is 1.19. The number of rotatable bonds is 1. The molecular weight excluding hydrogens is 136 g/mol. The maximum absolute atomic E-state index is 5.57. The van der Waals surface area contributed by atoms with Gasteiger partial charge in [0.2, 0.25) is 0 Å². The van der Waals surface area contributed by atoms with E-state index >= 15 is 0 Å². The molecule has 48 valence electrons. The van der Waals surface area contributed by atoms with Crippen molar-refractivity contribution in [2.45, 2.75) is 18.8 Å². The van der Waals surface area contributed by atoms with Crippen molar-refractivity contribution in [3.05, 3.63) is 17.2 Å². The minimum absolute atomic E-state index is 0.511. The van der Waals surface area contributed by atoms with Crippen LogP contribution in [0, 0.1) is 0 Å². The van der Waals surface area contributed by atoms with Crippen LogP contribution in [0.4, 0.5) is 0 Å². The van der Waals surface area contributed by atoms with Gasteiger partial charge in [0.05, 0.1) is 0 Å². The highest BCUT2D eigenvalue weighted by Crippen LogP contribution is 2.39. The van der Waals surface area contributed by atoms with Crippen LogP contribution in [0.2, 0.25) is 5.28 Å². The first kappa shape index (κ1) is 5.30. The van der Waals surface area contributed by atoms with Crippen molar-refractivity contribution in [2.24, 2.45) is 0 Å². The van der Waals surface area contributed by atoms with Crippen molar-refractivity contribution in [3.63, 3.8) is 0 Å². The molecule has 1 fully saturated rings. The Kier molecular flexibility index (Phi) is 1.02. The van der Waals surface area contributed by atoms with Crippen LogP contribution in [0.1, 0.15) is 24.5 Å². The van der Waals surface area contributed by atoms with Crippen LogP contribution < -0.4 is 0 Å². The third-order valence-electron chi connectivity index (χ3n) is 1.58. The van der Waals surface area contributed by atoms with E-state index in [1.54, 1.807) is 0 Å². The zero-order valence-corrected chi connectivity index (χ0v) is 5.65. The van der Waals surface area contributed by atoms with Crippen LogP contribution in [-0.4, -0.2) is 9.97 Å². The molecule has 0 aromatic carbocycles. The van der Waals surface area contributed by atoms with E-state index in [9.17, 15) is 0 Å². The summed E-state index contributed by atoms with van der Waals surface area (Å²) in [5.74, 6) is 0.727. The van der Waals surface area contributed by atoms with Crippen LogP contribution in [0.3, 0.4) is 0 Å². The maximum Gasteiger partial charge on any atom is 0.200 e. The van der Waals surface area contributed by atoms with E-state index in [1.807, 2.05) is 6.20 Å². The monoisotopic (exact) mass is 142 g/mol. The second-order valence-corrected chi connectivity index (χ2v) is 2.76. The van der Waals surface area contributed by atoms with E-state index in [-0.39, 0.29) is 0 Å². The molecule has 0 aliphatic heterocycles. The van der Waals surface area contributed by atoms with Crippen LogP contribution in [0.25, 0.3) is 0 Å². The number of imidazole rings is 1. The predicted octanol–water partition coefficient (Wildman–Crippen LogP) is 1.94. The van der Waals surface area contributed by atoms with Crippen LogP contribution in [0.5, 0.6) is 0 Å². The molecule has 1 N–H and O–H groups in total. The maximum atomic E-state index is 5.57. The van der Waals surface area contributed by atoms with Crippen molar-refractivity contribution in [1.82, 2.24) is 9.97 Å². The SMILES string of the molecule is Clc1ncc(C2CC2)[nH]1. The summed E-state index contributed by atoms with van der Waals surface area (Å²) in [7, 11) is 0.